The minimum atomic E-state index is -3.82. The number of halogens is 2. The van der Waals surface area contributed by atoms with Gasteiger partial charge in [-0.3, -0.25) is 4.79 Å². The Kier molecular flexibility index (Phi) is 12.0. The Bertz CT molecular complexity index is 1880. The molecular weight excluding hydrogens is 693 g/mol. The summed E-state index contributed by atoms with van der Waals surface area (Å²) in [5.74, 6) is -0.198. The number of hydrogen-bond donors (Lipinski definition) is 2. The molecule has 6 rings (SSSR count). The fraction of sp³-hybridized carbons (Fsp3) is 0.475. The average molecular weight is 742 g/mol. The molecule has 4 atom stereocenters. The van der Waals surface area contributed by atoms with E-state index < -0.39 is 33.0 Å². The van der Waals surface area contributed by atoms with Gasteiger partial charge < -0.3 is 19.7 Å². The fourth-order valence-electron chi connectivity index (χ4n) is 7.95. The van der Waals surface area contributed by atoms with E-state index in [0.29, 0.717) is 66.7 Å². The van der Waals surface area contributed by atoms with Crippen LogP contribution < -0.4 is 9.47 Å². The molecule has 51 heavy (non-hydrogen) atoms. The number of methoxy groups -OCH3 is 2. The van der Waals surface area contributed by atoms with E-state index in [1.807, 2.05) is 26.0 Å². The van der Waals surface area contributed by atoms with Crippen molar-refractivity contribution in [1.82, 2.24) is 4.31 Å². The quantitative estimate of drug-likeness (QED) is 0.164. The van der Waals surface area contributed by atoms with Crippen LogP contribution >= 0.6 is 11.6 Å². The molecule has 2 bridgehead atoms. The molecule has 0 saturated heterocycles. The first-order valence-corrected chi connectivity index (χ1v) is 19.6. The summed E-state index contributed by atoms with van der Waals surface area (Å²) < 4.78 is 53.9. The van der Waals surface area contributed by atoms with E-state index in [9.17, 15) is 27.8 Å². The van der Waals surface area contributed by atoms with Crippen LogP contribution in [0.2, 0.25) is 5.02 Å². The van der Waals surface area contributed by atoms with Gasteiger partial charge in [-0.25, -0.2) is 12.8 Å². The molecule has 0 radical (unpaired) electrons. The Hall–Kier alpha value is -3.28. The van der Waals surface area contributed by atoms with E-state index in [1.165, 1.54) is 30.7 Å². The van der Waals surface area contributed by atoms with Gasteiger partial charge in [0.05, 0.1) is 32.2 Å². The number of aliphatic hydroxyl groups excluding tert-OH is 1. The van der Waals surface area contributed by atoms with Gasteiger partial charge in [0.1, 0.15) is 17.3 Å². The summed E-state index contributed by atoms with van der Waals surface area (Å²) in [5, 5.41) is 23.9. The average Bonchev–Trinajstić information content (AvgIpc) is 3.33. The van der Waals surface area contributed by atoms with Crippen molar-refractivity contribution in [2.45, 2.75) is 89.4 Å². The highest BCUT2D eigenvalue weighted by Crippen LogP contribution is 2.59. The van der Waals surface area contributed by atoms with Gasteiger partial charge in [-0.05, 0) is 93.2 Å². The van der Waals surface area contributed by atoms with Gasteiger partial charge in [0, 0.05) is 52.7 Å². The second kappa shape index (κ2) is 15.8. The van der Waals surface area contributed by atoms with Crippen molar-refractivity contribution in [3.05, 3.63) is 105 Å². The number of fused-ring (bicyclic) bond motifs is 8. The number of sulfonamides is 1. The molecule has 3 aliphatic carbocycles. The lowest BCUT2D eigenvalue weighted by Gasteiger charge is -2.45. The summed E-state index contributed by atoms with van der Waals surface area (Å²) in [7, 11) is -0.774. The van der Waals surface area contributed by atoms with Gasteiger partial charge in [-0.15, -0.1) is 0 Å². The maximum atomic E-state index is 14.9. The number of ketones is 1. The molecule has 0 heterocycles. The molecule has 1 fully saturated rings. The van der Waals surface area contributed by atoms with Crippen LogP contribution in [-0.2, 0) is 29.4 Å². The molecule has 0 spiro atoms. The van der Waals surface area contributed by atoms with Crippen molar-refractivity contribution in [2.75, 3.05) is 27.0 Å². The highest BCUT2D eigenvalue weighted by atomic mass is 35.5. The SMILES string of the molecule is COc1ccc(CN(C[C@]2(O)CC[C@H]3c4ccc(cc4C(=O)Cc4c(F)cccc4Cl)C[C@@H](O)CCC(C)=CCC[C@@]32C)S(C)(=O)=O)c(OC)c1. The predicted molar refractivity (Wildman–Crippen MR) is 198 cm³/mol. The first-order valence-electron chi connectivity index (χ1n) is 17.4. The molecule has 2 N–H and O–H groups in total. The van der Waals surface area contributed by atoms with Gasteiger partial charge in [-0.2, -0.15) is 4.31 Å². The van der Waals surface area contributed by atoms with Gasteiger partial charge >= 0.3 is 0 Å². The molecule has 3 aromatic rings. The molecule has 3 aromatic carbocycles. The van der Waals surface area contributed by atoms with E-state index in [0.717, 1.165) is 17.4 Å². The third-order valence-electron chi connectivity index (χ3n) is 11.1. The Balaban J connectivity index is 1.59. The molecule has 276 valence electrons. The van der Waals surface area contributed by atoms with Gasteiger partial charge in [0.15, 0.2) is 5.78 Å². The number of ether oxygens (including phenoxy) is 2. The summed E-state index contributed by atoms with van der Waals surface area (Å²) in [6.45, 7) is 3.83. The minimum absolute atomic E-state index is 0.0295. The van der Waals surface area contributed by atoms with Crippen LogP contribution in [0.25, 0.3) is 0 Å². The van der Waals surface area contributed by atoms with Gasteiger partial charge in [0.2, 0.25) is 10.0 Å². The number of carbonyl (C=O) groups is 1. The van der Waals surface area contributed by atoms with Gasteiger partial charge in [0.25, 0.3) is 0 Å². The number of benzene rings is 3. The maximum absolute atomic E-state index is 14.9. The number of hydrogen-bond acceptors (Lipinski definition) is 7. The molecule has 0 unspecified atom stereocenters. The van der Waals surface area contributed by atoms with Crippen molar-refractivity contribution in [2.24, 2.45) is 5.41 Å². The smallest absolute Gasteiger partial charge is 0.211 e. The highest BCUT2D eigenvalue weighted by molar-refractivity contribution is 7.88. The molecule has 0 amide bonds. The van der Waals surface area contributed by atoms with E-state index in [4.69, 9.17) is 21.1 Å². The zero-order valence-electron chi connectivity index (χ0n) is 30.0. The van der Waals surface area contributed by atoms with E-state index in [1.54, 1.807) is 30.3 Å². The fourth-order valence-corrected chi connectivity index (χ4v) is 9.00. The second-order valence-electron chi connectivity index (χ2n) is 14.5. The molecule has 3 aliphatic rings. The van der Waals surface area contributed by atoms with Crippen molar-refractivity contribution < 1.29 is 37.3 Å². The van der Waals surface area contributed by atoms with E-state index in [-0.39, 0.29) is 48.2 Å². The van der Waals surface area contributed by atoms with Crippen molar-refractivity contribution in [1.29, 1.82) is 0 Å². The Morgan fingerprint density at radius 3 is 2.53 bits per heavy atom. The number of rotatable bonds is 10. The van der Waals surface area contributed by atoms with Gasteiger partial charge in [-0.1, -0.05) is 54.4 Å². The third kappa shape index (κ3) is 8.52. The van der Waals surface area contributed by atoms with Crippen molar-refractivity contribution in [3.8, 4) is 11.5 Å². The lowest BCUT2D eigenvalue weighted by Crippen LogP contribution is -2.53. The Labute approximate surface area is 306 Å². The molecule has 11 heteroatoms. The van der Waals surface area contributed by atoms with Crippen LogP contribution in [-0.4, -0.2) is 67.4 Å². The minimum Gasteiger partial charge on any atom is -0.497 e. The first-order chi connectivity index (χ1) is 24.1. The molecule has 0 aromatic heterocycles. The normalized spacial score (nSPS) is 24.2. The summed E-state index contributed by atoms with van der Waals surface area (Å²) in [5.41, 5.74) is 1.38. The van der Waals surface area contributed by atoms with Crippen molar-refractivity contribution in [3.63, 3.8) is 0 Å². The van der Waals surface area contributed by atoms with Crippen LogP contribution in [0.15, 0.2) is 66.2 Å². The molecule has 0 aliphatic heterocycles. The summed E-state index contributed by atoms with van der Waals surface area (Å²) in [6.07, 6.45) is 5.86. The van der Waals surface area contributed by atoms with E-state index >= 15 is 0 Å². The Morgan fingerprint density at radius 2 is 1.84 bits per heavy atom. The number of carbonyl (C=O) groups excluding carboxylic acids is 1. The second-order valence-corrected chi connectivity index (χ2v) is 16.8. The number of Topliss-reactive ketones (excluding diaryl/α,β-unsaturated/α-hetero) is 1. The summed E-state index contributed by atoms with van der Waals surface area (Å²) >= 11 is 6.35. The summed E-state index contributed by atoms with van der Waals surface area (Å²) in [4.78, 5) is 14.2. The molecule has 8 nitrogen and oxygen atoms in total. The maximum Gasteiger partial charge on any atom is 0.211 e. The van der Waals surface area contributed by atoms with Crippen molar-refractivity contribution >= 4 is 27.4 Å². The standard InChI is InChI=1S/C40H49ClFNO7S/c1-26-8-7-18-39(2)34(17-19-40(39,46)25-43(51(5,47)48)24-28-13-15-30(49-3)22-38(28)50-4)31-16-12-27(20-29(44)14-11-26)21-32(31)37(45)23-33-35(41)9-6-10-36(33)42/h6,8-10,12-13,15-16,21-22,29,34,44,46H,7,11,14,17-20,23-25H2,1-5H3/t29-,34-,39-,40+/m0/s1. The predicted octanol–water partition coefficient (Wildman–Crippen LogP) is 7.42. The number of nitrogens with zero attached hydrogens (tertiary/aromatic N) is 1. The topological polar surface area (TPSA) is 113 Å². The third-order valence-corrected chi connectivity index (χ3v) is 12.7. The van der Waals surface area contributed by atoms with E-state index in [2.05, 4.69) is 6.08 Å². The van der Waals surface area contributed by atoms with Crippen LogP contribution in [0.4, 0.5) is 4.39 Å². The largest absolute Gasteiger partial charge is 0.497 e. The Morgan fingerprint density at radius 1 is 1.08 bits per heavy atom. The zero-order chi connectivity index (χ0) is 37.1. The molecular formula is C40H49ClFNO7S. The first kappa shape index (κ1) is 38.9. The van der Waals surface area contributed by atoms with Crippen LogP contribution in [0.3, 0.4) is 0 Å². The number of aliphatic hydroxyl groups is 2. The lowest BCUT2D eigenvalue weighted by molar-refractivity contribution is -0.0731. The monoisotopic (exact) mass is 741 g/mol. The van der Waals surface area contributed by atoms with Crippen LogP contribution in [0.1, 0.15) is 90.9 Å². The van der Waals surface area contributed by atoms with Crippen LogP contribution in [0, 0.1) is 11.2 Å². The highest BCUT2D eigenvalue weighted by Gasteiger charge is 2.58. The molecule has 1 saturated carbocycles. The summed E-state index contributed by atoms with van der Waals surface area (Å²) in [6, 6.07) is 15.1. The zero-order valence-corrected chi connectivity index (χ0v) is 31.6. The lowest BCUT2D eigenvalue weighted by atomic mass is 9.64. The van der Waals surface area contributed by atoms with Crippen LogP contribution in [0.5, 0.6) is 11.5 Å². The number of allylic oxidation sites excluding steroid dienone is 2.